The van der Waals surface area contributed by atoms with Gasteiger partial charge in [0.25, 0.3) is 0 Å². The average Bonchev–Trinajstić information content (AvgIpc) is 2.68. The van der Waals surface area contributed by atoms with Gasteiger partial charge in [0.15, 0.2) is 6.23 Å². The van der Waals surface area contributed by atoms with Gasteiger partial charge >= 0.3 is 0 Å². The molecule has 2 aliphatic rings. The molecule has 0 spiro atoms. The lowest BCUT2D eigenvalue weighted by Crippen LogP contribution is -2.29. The van der Waals surface area contributed by atoms with E-state index >= 15 is 0 Å². The summed E-state index contributed by atoms with van der Waals surface area (Å²) in [7, 11) is 0. The van der Waals surface area contributed by atoms with Gasteiger partial charge < -0.3 is 4.74 Å². The van der Waals surface area contributed by atoms with Crippen molar-refractivity contribution in [2.45, 2.75) is 52.2 Å². The maximum absolute atomic E-state index is 5.80. The van der Waals surface area contributed by atoms with Crippen LogP contribution in [0, 0.1) is 11.8 Å². The molecular weight excluding hydrogens is 176 g/mol. The normalized spacial score (nSPS) is 28.5. The highest BCUT2D eigenvalue weighted by Gasteiger charge is 2.28. The van der Waals surface area contributed by atoms with Crippen molar-refractivity contribution in [1.82, 2.24) is 5.43 Å². The van der Waals surface area contributed by atoms with E-state index in [1.165, 1.54) is 32.1 Å². The molecule has 1 fully saturated rings. The van der Waals surface area contributed by atoms with E-state index in [0.717, 1.165) is 5.90 Å². The number of hydrogen-bond acceptors (Lipinski definition) is 3. The first-order valence-electron chi connectivity index (χ1n) is 5.77. The van der Waals surface area contributed by atoms with Crippen molar-refractivity contribution in [3.63, 3.8) is 0 Å². The van der Waals surface area contributed by atoms with Crippen molar-refractivity contribution in [2.75, 3.05) is 0 Å². The predicted octanol–water partition coefficient (Wildman–Crippen LogP) is 2.48. The second-order valence-electron chi connectivity index (χ2n) is 4.70. The van der Waals surface area contributed by atoms with Crippen molar-refractivity contribution < 1.29 is 4.74 Å². The molecule has 14 heavy (non-hydrogen) atoms. The van der Waals surface area contributed by atoms with Crippen LogP contribution >= 0.6 is 0 Å². The molecule has 0 aromatic carbocycles. The lowest BCUT2D eigenvalue weighted by molar-refractivity contribution is 0.124. The standard InChI is InChI=1S/C11H20N2O/c1-8(2)10-12-13-11(14-10)9-6-4-3-5-7-9/h8-10,12H,3-7H2,1-2H3. The zero-order valence-corrected chi connectivity index (χ0v) is 9.12. The van der Waals surface area contributed by atoms with Crippen LogP contribution in [0.15, 0.2) is 5.10 Å². The van der Waals surface area contributed by atoms with Gasteiger partial charge in [0.05, 0.1) is 0 Å². The second kappa shape index (κ2) is 4.20. The van der Waals surface area contributed by atoms with Gasteiger partial charge in [-0.1, -0.05) is 33.1 Å². The summed E-state index contributed by atoms with van der Waals surface area (Å²) in [5, 5.41) is 4.31. The number of hydrazone groups is 1. The first-order chi connectivity index (χ1) is 6.77. The van der Waals surface area contributed by atoms with Crippen molar-refractivity contribution in [3.05, 3.63) is 0 Å². The summed E-state index contributed by atoms with van der Waals surface area (Å²) >= 11 is 0. The molecule has 0 aromatic rings. The fourth-order valence-corrected chi connectivity index (χ4v) is 2.13. The van der Waals surface area contributed by atoms with E-state index in [9.17, 15) is 0 Å². The van der Waals surface area contributed by atoms with Gasteiger partial charge in [-0.05, 0) is 12.8 Å². The van der Waals surface area contributed by atoms with Crippen LogP contribution in [0.25, 0.3) is 0 Å². The van der Waals surface area contributed by atoms with Gasteiger partial charge in [-0.25, -0.2) is 0 Å². The van der Waals surface area contributed by atoms with Crippen LogP contribution in [0.1, 0.15) is 46.0 Å². The van der Waals surface area contributed by atoms with Gasteiger partial charge in [0.2, 0.25) is 5.90 Å². The summed E-state index contributed by atoms with van der Waals surface area (Å²) in [6.07, 6.45) is 6.66. The van der Waals surface area contributed by atoms with Crippen LogP contribution < -0.4 is 5.43 Å². The quantitative estimate of drug-likeness (QED) is 0.736. The fourth-order valence-electron chi connectivity index (χ4n) is 2.13. The van der Waals surface area contributed by atoms with Gasteiger partial charge in [-0.2, -0.15) is 0 Å². The molecule has 2 rings (SSSR count). The van der Waals surface area contributed by atoms with Crippen molar-refractivity contribution in [1.29, 1.82) is 0 Å². The molecule has 80 valence electrons. The summed E-state index contributed by atoms with van der Waals surface area (Å²) < 4.78 is 5.80. The van der Waals surface area contributed by atoms with Crippen molar-refractivity contribution in [3.8, 4) is 0 Å². The first kappa shape index (κ1) is 9.81. The monoisotopic (exact) mass is 196 g/mol. The van der Waals surface area contributed by atoms with E-state index < -0.39 is 0 Å². The lowest BCUT2D eigenvalue weighted by atomic mass is 9.89. The number of ether oxygens (including phenoxy) is 1. The second-order valence-corrected chi connectivity index (χ2v) is 4.70. The Hall–Kier alpha value is -0.730. The molecule has 0 radical (unpaired) electrons. The minimum atomic E-state index is 0.104. The third-order valence-corrected chi connectivity index (χ3v) is 3.11. The van der Waals surface area contributed by atoms with E-state index in [1.807, 2.05) is 0 Å². The summed E-state index contributed by atoms with van der Waals surface area (Å²) in [5.41, 5.74) is 3.07. The highest BCUT2D eigenvalue weighted by Crippen LogP contribution is 2.27. The average molecular weight is 196 g/mol. The maximum atomic E-state index is 5.80. The Bertz CT molecular complexity index is 219. The van der Waals surface area contributed by atoms with E-state index in [4.69, 9.17) is 4.74 Å². The van der Waals surface area contributed by atoms with Crippen molar-refractivity contribution in [2.24, 2.45) is 16.9 Å². The van der Waals surface area contributed by atoms with Crippen molar-refractivity contribution >= 4 is 5.90 Å². The van der Waals surface area contributed by atoms with E-state index in [1.54, 1.807) is 0 Å². The third kappa shape index (κ3) is 2.02. The van der Waals surface area contributed by atoms with E-state index in [2.05, 4.69) is 24.4 Å². The van der Waals surface area contributed by atoms with Crippen LogP contribution in [-0.4, -0.2) is 12.1 Å². The molecule has 1 atom stereocenters. The molecule has 3 nitrogen and oxygen atoms in total. The summed E-state index contributed by atoms with van der Waals surface area (Å²) in [6.45, 7) is 4.30. The Kier molecular flexibility index (Phi) is 2.94. The van der Waals surface area contributed by atoms with Crippen LogP contribution in [-0.2, 0) is 4.74 Å². The molecule has 1 saturated carbocycles. The summed E-state index contributed by atoms with van der Waals surface area (Å²) in [6, 6.07) is 0. The molecule has 1 unspecified atom stereocenters. The zero-order valence-electron chi connectivity index (χ0n) is 9.12. The molecule has 0 aromatic heterocycles. The minimum Gasteiger partial charge on any atom is -0.454 e. The minimum absolute atomic E-state index is 0.104. The molecule has 0 amide bonds. The molecular formula is C11H20N2O. The van der Waals surface area contributed by atoms with Gasteiger partial charge in [0.1, 0.15) is 0 Å². The number of hydrogen-bond donors (Lipinski definition) is 1. The van der Waals surface area contributed by atoms with E-state index in [-0.39, 0.29) is 6.23 Å². The topological polar surface area (TPSA) is 33.6 Å². The molecule has 1 aliphatic carbocycles. The van der Waals surface area contributed by atoms with Crippen LogP contribution in [0.3, 0.4) is 0 Å². The Balaban J connectivity index is 1.87. The first-order valence-corrected chi connectivity index (χ1v) is 5.77. The fraction of sp³-hybridized carbons (Fsp3) is 0.909. The smallest absolute Gasteiger partial charge is 0.211 e. The number of nitrogens with zero attached hydrogens (tertiary/aromatic N) is 1. The Labute approximate surface area is 85.9 Å². The lowest BCUT2D eigenvalue weighted by Gasteiger charge is -2.22. The highest BCUT2D eigenvalue weighted by atomic mass is 16.5. The van der Waals surface area contributed by atoms with Crippen LogP contribution in [0.4, 0.5) is 0 Å². The van der Waals surface area contributed by atoms with Gasteiger partial charge in [-0.3, -0.25) is 5.43 Å². The molecule has 1 heterocycles. The molecule has 0 saturated heterocycles. The molecule has 1 aliphatic heterocycles. The zero-order chi connectivity index (χ0) is 9.97. The van der Waals surface area contributed by atoms with Gasteiger partial charge in [-0.15, -0.1) is 5.10 Å². The van der Waals surface area contributed by atoms with Crippen LogP contribution in [0.5, 0.6) is 0 Å². The third-order valence-electron chi connectivity index (χ3n) is 3.11. The predicted molar refractivity (Wildman–Crippen MR) is 56.9 cm³/mol. The summed E-state index contributed by atoms with van der Waals surface area (Å²) in [5.74, 6) is 2.03. The highest BCUT2D eigenvalue weighted by molar-refractivity contribution is 5.79. The Morgan fingerprint density at radius 2 is 2.00 bits per heavy atom. The number of nitrogens with one attached hydrogen (secondary N) is 1. The van der Waals surface area contributed by atoms with E-state index in [0.29, 0.717) is 11.8 Å². The Morgan fingerprint density at radius 3 is 2.57 bits per heavy atom. The van der Waals surface area contributed by atoms with Gasteiger partial charge in [0, 0.05) is 11.8 Å². The summed E-state index contributed by atoms with van der Waals surface area (Å²) in [4.78, 5) is 0. The number of rotatable bonds is 2. The van der Waals surface area contributed by atoms with Crippen LogP contribution in [0.2, 0.25) is 0 Å². The maximum Gasteiger partial charge on any atom is 0.211 e. The molecule has 0 bridgehead atoms. The largest absolute Gasteiger partial charge is 0.454 e. The molecule has 1 N–H and O–H groups in total. The Morgan fingerprint density at radius 1 is 1.29 bits per heavy atom. The molecule has 3 heteroatoms. The SMILES string of the molecule is CC(C)C1NN=C(C2CCCCC2)O1.